The largest absolute Gasteiger partial charge is 0.481 e. The Morgan fingerprint density at radius 2 is 1.56 bits per heavy atom. The molecule has 3 rings (SSSR count). The number of carbonyl (C=O) groups excluding carboxylic acids is 2. The van der Waals surface area contributed by atoms with Gasteiger partial charge in [0.15, 0.2) is 0 Å². The molecule has 2 aromatic carbocycles. The van der Waals surface area contributed by atoms with Gasteiger partial charge in [-0.25, -0.2) is 4.79 Å². The van der Waals surface area contributed by atoms with Crippen molar-refractivity contribution in [2.75, 3.05) is 26.7 Å². The van der Waals surface area contributed by atoms with E-state index in [0.29, 0.717) is 6.54 Å². The lowest BCUT2D eigenvalue weighted by Crippen LogP contribution is -2.38. The van der Waals surface area contributed by atoms with Crippen LogP contribution in [-0.4, -0.2) is 54.7 Å². The molecule has 0 radical (unpaired) electrons. The molecule has 0 bridgehead atoms. The third-order valence-electron chi connectivity index (χ3n) is 6.63. The van der Waals surface area contributed by atoms with E-state index >= 15 is 0 Å². The average molecular weight is 467 g/mol. The smallest absolute Gasteiger partial charge is 0.407 e. The number of fused-ring (bicyclic) bond motifs is 3. The van der Waals surface area contributed by atoms with Gasteiger partial charge in [-0.2, -0.15) is 0 Å². The van der Waals surface area contributed by atoms with E-state index in [1.54, 1.807) is 14.0 Å². The molecule has 2 atom stereocenters. The van der Waals surface area contributed by atoms with Gasteiger partial charge in [-0.3, -0.25) is 9.59 Å². The Labute approximate surface area is 201 Å². The van der Waals surface area contributed by atoms with Crippen LogP contribution in [0, 0.1) is 17.8 Å². The zero-order chi connectivity index (χ0) is 24.8. The molecule has 2 unspecified atom stereocenters. The second kappa shape index (κ2) is 11.2. The first-order chi connectivity index (χ1) is 16.2. The molecule has 2 N–H and O–H groups in total. The van der Waals surface area contributed by atoms with Gasteiger partial charge in [-0.05, 0) is 34.1 Å². The molecule has 0 aromatic heterocycles. The first kappa shape index (κ1) is 25.3. The molecular formula is C27H34N2O5. The third-order valence-corrected chi connectivity index (χ3v) is 6.63. The number of hydrogen-bond acceptors (Lipinski definition) is 4. The van der Waals surface area contributed by atoms with Crippen LogP contribution in [-0.2, 0) is 14.3 Å². The van der Waals surface area contributed by atoms with Crippen LogP contribution in [0.4, 0.5) is 4.79 Å². The second-order valence-electron chi connectivity index (χ2n) is 9.43. The summed E-state index contributed by atoms with van der Waals surface area (Å²) in [5, 5.41) is 11.9. The number of carboxylic acids is 1. The molecule has 2 aromatic rings. The topological polar surface area (TPSA) is 95.9 Å². The summed E-state index contributed by atoms with van der Waals surface area (Å²) in [6.07, 6.45) is -0.280. The van der Waals surface area contributed by atoms with Crippen molar-refractivity contribution in [3.63, 3.8) is 0 Å². The highest BCUT2D eigenvalue weighted by Gasteiger charge is 2.29. The highest BCUT2D eigenvalue weighted by atomic mass is 16.5. The highest BCUT2D eigenvalue weighted by molar-refractivity contribution is 5.79. The summed E-state index contributed by atoms with van der Waals surface area (Å²) in [5.41, 5.74) is 4.65. The number of carbonyl (C=O) groups is 3. The lowest BCUT2D eigenvalue weighted by molar-refractivity contribution is -0.142. The third kappa shape index (κ3) is 5.95. The minimum atomic E-state index is -0.933. The van der Waals surface area contributed by atoms with Gasteiger partial charge < -0.3 is 20.1 Å². The average Bonchev–Trinajstić information content (AvgIpc) is 3.13. The number of aliphatic carboxylic acids is 1. The molecular weight excluding hydrogens is 432 g/mol. The van der Waals surface area contributed by atoms with Crippen molar-refractivity contribution in [1.82, 2.24) is 10.2 Å². The lowest BCUT2D eigenvalue weighted by atomic mass is 9.92. The van der Waals surface area contributed by atoms with Gasteiger partial charge >= 0.3 is 12.1 Å². The van der Waals surface area contributed by atoms with E-state index in [2.05, 4.69) is 29.6 Å². The van der Waals surface area contributed by atoms with E-state index in [1.807, 2.05) is 38.1 Å². The van der Waals surface area contributed by atoms with Crippen LogP contribution >= 0.6 is 0 Å². The summed E-state index contributed by atoms with van der Waals surface area (Å²) in [7, 11) is 1.61. The van der Waals surface area contributed by atoms with Crippen LogP contribution in [0.3, 0.4) is 0 Å². The number of rotatable bonds is 10. The van der Waals surface area contributed by atoms with Gasteiger partial charge in [0.25, 0.3) is 0 Å². The minimum absolute atomic E-state index is 0.00880. The first-order valence-corrected chi connectivity index (χ1v) is 11.7. The molecule has 1 aliphatic carbocycles. The minimum Gasteiger partial charge on any atom is -0.481 e. The number of ether oxygens (including phenoxy) is 1. The van der Waals surface area contributed by atoms with Crippen molar-refractivity contribution in [1.29, 1.82) is 0 Å². The molecule has 7 heteroatoms. The number of benzene rings is 2. The Balaban J connectivity index is 1.53. The molecule has 2 amide bonds. The maximum absolute atomic E-state index is 12.6. The standard InChI is InChI=1S/C27H34N2O5/c1-17(2)19(13-25(30)29(4)15-18(3)26(31)32)14-28-27(33)34-16-24-22-11-7-5-9-20(22)21-10-6-8-12-23(21)24/h5-12,17-19,24H,13-16H2,1-4H3,(H,28,33)(H,31,32). The summed E-state index contributed by atoms with van der Waals surface area (Å²) in [4.78, 5) is 37.6. The predicted octanol–water partition coefficient (Wildman–Crippen LogP) is 4.37. The van der Waals surface area contributed by atoms with Crippen LogP contribution in [0.15, 0.2) is 48.5 Å². The van der Waals surface area contributed by atoms with Gasteiger partial charge in [-0.15, -0.1) is 0 Å². The van der Waals surface area contributed by atoms with Crippen LogP contribution in [0.2, 0.25) is 0 Å². The van der Waals surface area contributed by atoms with E-state index in [-0.39, 0.29) is 43.2 Å². The molecule has 7 nitrogen and oxygen atoms in total. The zero-order valence-corrected chi connectivity index (χ0v) is 20.3. The van der Waals surface area contributed by atoms with Gasteiger partial charge in [0.2, 0.25) is 5.91 Å². The highest BCUT2D eigenvalue weighted by Crippen LogP contribution is 2.44. The maximum atomic E-state index is 12.6. The van der Waals surface area contributed by atoms with E-state index in [9.17, 15) is 14.4 Å². The number of nitrogens with zero attached hydrogens (tertiary/aromatic N) is 1. The van der Waals surface area contributed by atoms with E-state index in [1.165, 1.54) is 16.0 Å². The van der Waals surface area contributed by atoms with Crippen molar-refractivity contribution in [2.24, 2.45) is 17.8 Å². The van der Waals surface area contributed by atoms with Crippen molar-refractivity contribution in [2.45, 2.75) is 33.1 Å². The number of carboxylic acid groups (broad SMARTS) is 1. The van der Waals surface area contributed by atoms with Crippen LogP contribution < -0.4 is 5.32 Å². The zero-order valence-electron chi connectivity index (χ0n) is 20.3. The predicted molar refractivity (Wildman–Crippen MR) is 130 cm³/mol. The summed E-state index contributed by atoms with van der Waals surface area (Å²) in [5.74, 6) is -1.65. The fourth-order valence-electron chi connectivity index (χ4n) is 4.38. The quantitative estimate of drug-likeness (QED) is 0.542. The Kier molecular flexibility index (Phi) is 8.31. The molecule has 0 saturated heterocycles. The SMILES string of the molecule is CC(CN(C)C(=O)CC(CNC(=O)OCC1c2ccccc2-c2ccccc21)C(C)C)C(=O)O. The van der Waals surface area contributed by atoms with Crippen molar-refractivity contribution in [3.05, 3.63) is 59.7 Å². The van der Waals surface area contributed by atoms with Crippen molar-refractivity contribution in [3.8, 4) is 11.1 Å². The maximum Gasteiger partial charge on any atom is 0.407 e. The summed E-state index contributed by atoms with van der Waals surface area (Å²) >= 11 is 0. The monoisotopic (exact) mass is 466 g/mol. The number of nitrogens with one attached hydrogen (secondary N) is 1. The van der Waals surface area contributed by atoms with Gasteiger partial charge in [0, 0.05) is 32.5 Å². The fraction of sp³-hybridized carbons (Fsp3) is 0.444. The van der Waals surface area contributed by atoms with Gasteiger partial charge in [-0.1, -0.05) is 69.3 Å². The van der Waals surface area contributed by atoms with E-state index in [4.69, 9.17) is 9.84 Å². The number of amides is 2. The Bertz CT molecular complexity index is 990. The summed E-state index contributed by atoms with van der Waals surface area (Å²) in [6.45, 7) is 6.27. The molecule has 0 saturated carbocycles. The van der Waals surface area contributed by atoms with Gasteiger partial charge in [0.1, 0.15) is 6.61 Å². The first-order valence-electron chi connectivity index (χ1n) is 11.7. The normalized spacial score (nSPS) is 14.1. The van der Waals surface area contributed by atoms with Crippen LogP contribution in [0.1, 0.15) is 44.2 Å². The molecule has 1 aliphatic rings. The fourth-order valence-corrected chi connectivity index (χ4v) is 4.38. The molecule has 0 fully saturated rings. The van der Waals surface area contributed by atoms with Crippen LogP contribution in [0.25, 0.3) is 11.1 Å². The van der Waals surface area contributed by atoms with Crippen LogP contribution in [0.5, 0.6) is 0 Å². The summed E-state index contributed by atoms with van der Waals surface area (Å²) < 4.78 is 5.59. The van der Waals surface area contributed by atoms with Crippen molar-refractivity contribution < 1.29 is 24.2 Å². The van der Waals surface area contributed by atoms with E-state index < -0.39 is 18.0 Å². The number of alkyl carbamates (subject to hydrolysis) is 1. The van der Waals surface area contributed by atoms with Gasteiger partial charge in [0.05, 0.1) is 5.92 Å². The van der Waals surface area contributed by atoms with E-state index in [0.717, 1.165) is 11.1 Å². The molecule has 34 heavy (non-hydrogen) atoms. The molecule has 0 aliphatic heterocycles. The lowest BCUT2D eigenvalue weighted by Gasteiger charge is -2.25. The summed E-state index contributed by atoms with van der Waals surface area (Å²) in [6, 6.07) is 16.3. The van der Waals surface area contributed by atoms with Crippen molar-refractivity contribution >= 4 is 18.0 Å². The molecule has 0 spiro atoms. The second-order valence-corrected chi connectivity index (χ2v) is 9.43. The molecule has 182 valence electrons. The Morgan fingerprint density at radius 1 is 1.00 bits per heavy atom. The molecule has 0 heterocycles. The Morgan fingerprint density at radius 3 is 2.09 bits per heavy atom. The number of hydrogen-bond donors (Lipinski definition) is 2. The Hall–Kier alpha value is -3.35.